The molecule has 0 amide bonds. The van der Waals surface area contributed by atoms with E-state index in [2.05, 4.69) is 49.3 Å². The fourth-order valence-electron chi connectivity index (χ4n) is 3.06. The summed E-state index contributed by atoms with van der Waals surface area (Å²) in [7, 11) is 3.96. The van der Waals surface area contributed by atoms with Gasteiger partial charge in [0.1, 0.15) is 5.75 Å². The predicted molar refractivity (Wildman–Crippen MR) is 89.1 cm³/mol. The number of methoxy groups -OCH3 is 1. The summed E-state index contributed by atoms with van der Waals surface area (Å²) in [6.07, 6.45) is 4.91. The molecule has 0 radical (unpaired) electrons. The molecule has 3 nitrogen and oxygen atoms in total. The van der Waals surface area contributed by atoms with E-state index in [9.17, 15) is 0 Å². The van der Waals surface area contributed by atoms with Gasteiger partial charge in [-0.05, 0) is 62.9 Å². The second kappa shape index (κ2) is 7.81. The minimum absolute atomic E-state index is 0.481. The molecule has 1 aromatic rings. The molecule has 0 bridgehead atoms. The van der Waals surface area contributed by atoms with E-state index in [1.54, 1.807) is 7.11 Å². The van der Waals surface area contributed by atoms with Crippen LogP contribution in [0.3, 0.4) is 0 Å². The molecule has 0 heterocycles. The Morgan fingerprint density at radius 1 is 1.43 bits per heavy atom. The molecule has 0 aromatic heterocycles. The fourth-order valence-corrected chi connectivity index (χ4v) is 3.06. The Morgan fingerprint density at radius 2 is 2.24 bits per heavy atom. The largest absolute Gasteiger partial charge is 0.497 e. The van der Waals surface area contributed by atoms with Crippen LogP contribution in [0.5, 0.6) is 5.75 Å². The van der Waals surface area contributed by atoms with Gasteiger partial charge in [0.25, 0.3) is 0 Å². The first-order chi connectivity index (χ1) is 10.2. The summed E-state index contributed by atoms with van der Waals surface area (Å²) in [6.45, 7) is 6.69. The van der Waals surface area contributed by atoms with Crippen molar-refractivity contribution < 1.29 is 4.74 Å². The molecule has 0 saturated carbocycles. The van der Waals surface area contributed by atoms with Crippen LogP contribution in [0.15, 0.2) is 18.2 Å². The maximum absolute atomic E-state index is 5.38. The number of nitrogens with zero attached hydrogens (tertiary/aromatic N) is 1. The SMILES string of the molecule is CCC(C)N(C)CCNC1CCCc2ccc(OC)cc21. The van der Waals surface area contributed by atoms with Crippen LogP contribution in [0.4, 0.5) is 0 Å². The van der Waals surface area contributed by atoms with Gasteiger partial charge in [-0.1, -0.05) is 13.0 Å². The van der Waals surface area contributed by atoms with Crippen LogP contribution < -0.4 is 10.1 Å². The molecule has 2 rings (SSSR count). The molecule has 0 spiro atoms. The number of aryl methyl sites for hydroxylation is 1. The zero-order valence-electron chi connectivity index (χ0n) is 14.0. The average Bonchev–Trinajstić information content (AvgIpc) is 2.53. The van der Waals surface area contributed by atoms with Crippen LogP contribution >= 0.6 is 0 Å². The second-order valence-corrected chi connectivity index (χ2v) is 6.20. The third-order valence-corrected chi connectivity index (χ3v) is 4.87. The number of hydrogen-bond acceptors (Lipinski definition) is 3. The van der Waals surface area contributed by atoms with Crippen LogP contribution in [-0.4, -0.2) is 38.2 Å². The Bertz CT molecular complexity index is 447. The summed E-state index contributed by atoms with van der Waals surface area (Å²) >= 11 is 0. The smallest absolute Gasteiger partial charge is 0.119 e. The lowest BCUT2D eigenvalue weighted by molar-refractivity contribution is 0.246. The monoisotopic (exact) mass is 290 g/mol. The lowest BCUT2D eigenvalue weighted by Gasteiger charge is -2.29. The summed E-state index contributed by atoms with van der Waals surface area (Å²) in [5, 5.41) is 3.74. The maximum Gasteiger partial charge on any atom is 0.119 e. The Morgan fingerprint density at radius 3 is 2.95 bits per heavy atom. The first-order valence-electron chi connectivity index (χ1n) is 8.26. The van der Waals surface area contributed by atoms with E-state index in [0.717, 1.165) is 18.8 Å². The molecule has 0 saturated heterocycles. The van der Waals surface area contributed by atoms with Crippen molar-refractivity contribution in [2.24, 2.45) is 0 Å². The molecule has 1 aromatic carbocycles. The third kappa shape index (κ3) is 4.21. The van der Waals surface area contributed by atoms with Crippen molar-refractivity contribution in [2.75, 3.05) is 27.2 Å². The van der Waals surface area contributed by atoms with Gasteiger partial charge in [0, 0.05) is 25.2 Å². The highest BCUT2D eigenvalue weighted by Crippen LogP contribution is 2.32. The lowest BCUT2D eigenvalue weighted by Crippen LogP contribution is -2.36. The first-order valence-corrected chi connectivity index (χ1v) is 8.26. The second-order valence-electron chi connectivity index (χ2n) is 6.20. The third-order valence-electron chi connectivity index (χ3n) is 4.87. The molecular weight excluding hydrogens is 260 g/mol. The van der Waals surface area contributed by atoms with Crippen molar-refractivity contribution in [1.82, 2.24) is 10.2 Å². The molecule has 3 heteroatoms. The zero-order valence-corrected chi connectivity index (χ0v) is 14.0. The quantitative estimate of drug-likeness (QED) is 0.833. The van der Waals surface area contributed by atoms with Crippen LogP contribution in [0, 0.1) is 0 Å². The number of nitrogens with one attached hydrogen (secondary N) is 1. The van der Waals surface area contributed by atoms with Crippen LogP contribution in [0.2, 0.25) is 0 Å². The van der Waals surface area contributed by atoms with Gasteiger partial charge >= 0.3 is 0 Å². The van der Waals surface area contributed by atoms with Gasteiger partial charge in [-0.2, -0.15) is 0 Å². The summed E-state index contributed by atoms with van der Waals surface area (Å²) in [4.78, 5) is 2.43. The molecule has 2 atom stereocenters. The lowest BCUT2D eigenvalue weighted by atomic mass is 9.87. The highest BCUT2D eigenvalue weighted by atomic mass is 16.5. The van der Waals surface area contributed by atoms with Crippen molar-refractivity contribution in [2.45, 2.75) is 51.6 Å². The standard InChI is InChI=1S/C18H30N2O/c1-5-14(2)20(3)12-11-19-18-8-6-7-15-9-10-16(21-4)13-17(15)18/h9-10,13-14,18-19H,5-8,11-12H2,1-4H3. The summed E-state index contributed by atoms with van der Waals surface area (Å²) in [6, 6.07) is 7.66. The van der Waals surface area contributed by atoms with Crippen LogP contribution in [0.1, 0.15) is 50.3 Å². The van der Waals surface area contributed by atoms with Crippen molar-refractivity contribution in [3.63, 3.8) is 0 Å². The van der Waals surface area contributed by atoms with E-state index < -0.39 is 0 Å². The Kier molecular flexibility index (Phi) is 6.07. The number of likely N-dealkylation sites (N-methyl/N-ethyl adjacent to an activating group) is 1. The molecule has 1 aliphatic rings. The Hall–Kier alpha value is -1.06. The minimum Gasteiger partial charge on any atom is -0.497 e. The number of rotatable bonds is 7. The van der Waals surface area contributed by atoms with Crippen molar-refractivity contribution in [1.29, 1.82) is 0 Å². The fraction of sp³-hybridized carbons (Fsp3) is 0.667. The summed E-state index contributed by atoms with van der Waals surface area (Å²) in [5.74, 6) is 0.971. The highest BCUT2D eigenvalue weighted by molar-refractivity contribution is 5.39. The van der Waals surface area contributed by atoms with Crippen molar-refractivity contribution in [3.05, 3.63) is 29.3 Å². The highest BCUT2D eigenvalue weighted by Gasteiger charge is 2.20. The normalized spacial score (nSPS) is 19.4. The van der Waals surface area contributed by atoms with Crippen molar-refractivity contribution >= 4 is 0 Å². The van der Waals surface area contributed by atoms with Crippen LogP contribution in [0.25, 0.3) is 0 Å². The molecule has 0 fully saturated rings. The number of benzene rings is 1. The first kappa shape index (κ1) is 16.3. The molecule has 2 unspecified atom stereocenters. The predicted octanol–water partition coefficient (Wildman–Crippen LogP) is 3.39. The Balaban J connectivity index is 1.93. The summed E-state index contributed by atoms with van der Waals surface area (Å²) in [5.41, 5.74) is 2.92. The van der Waals surface area contributed by atoms with Crippen LogP contribution in [-0.2, 0) is 6.42 Å². The van der Waals surface area contributed by atoms with E-state index in [-0.39, 0.29) is 0 Å². The van der Waals surface area contributed by atoms with E-state index in [4.69, 9.17) is 4.74 Å². The molecular formula is C18H30N2O. The van der Waals surface area contributed by atoms with Gasteiger partial charge in [-0.15, -0.1) is 0 Å². The van der Waals surface area contributed by atoms with Crippen molar-refractivity contribution in [3.8, 4) is 5.75 Å². The van der Waals surface area contributed by atoms with E-state index >= 15 is 0 Å². The van der Waals surface area contributed by atoms with Gasteiger partial charge in [0.05, 0.1) is 7.11 Å². The number of ether oxygens (including phenoxy) is 1. The van der Waals surface area contributed by atoms with Gasteiger partial charge in [0.15, 0.2) is 0 Å². The molecule has 1 N–H and O–H groups in total. The number of fused-ring (bicyclic) bond motifs is 1. The molecule has 21 heavy (non-hydrogen) atoms. The van der Waals surface area contributed by atoms with Gasteiger partial charge < -0.3 is 15.0 Å². The van der Waals surface area contributed by atoms with E-state index in [1.165, 1.54) is 36.8 Å². The minimum atomic E-state index is 0.481. The topological polar surface area (TPSA) is 24.5 Å². The van der Waals surface area contributed by atoms with E-state index in [1.807, 2.05) is 0 Å². The summed E-state index contributed by atoms with van der Waals surface area (Å²) < 4.78 is 5.38. The molecule has 118 valence electrons. The number of hydrogen-bond donors (Lipinski definition) is 1. The van der Waals surface area contributed by atoms with Gasteiger partial charge in [-0.25, -0.2) is 0 Å². The van der Waals surface area contributed by atoms with E-state index in [0.29, 0.717) is 12.1 Å². The maximum atomic E-state index is 5.38. The van der Waals surface area contributed by atoms with Gasteiger partial charge in [-0.3, -0.25) is 0 Å². The Labute approximate surface area is 129 Å². The average molecular weight is 290 g/mol. The molecule has 1 aliphatic carbocycles. The molecule has 0 aliphatic heterocycles. The van der Waals surface area contributed by atoms with Gasteiger partial charge in [0.2, 0.25) is 0 Å². The zero-order chi connectivity index (χ0) is 15.2.